The van der Waals surface area contributed by atoms with Gasteiger partial charge in [-0.3, -0.25) is 0 Å². The average molecular weight is 416 g/mol. The summed E-state index contributed by atoms with van der Waals surface area (Å²) >= 11 is 0. The standard InChI is InChI=1S/C23H30FN3O3/c1-15-13-27(14-16(2)30-15)21-11-10-18(12-20(21)24)25-23(28)26(4)17(3)19-8-6-7-9-22(19)29-5/h6-12,15-17H,13-14H2,1-5H3,(H,25,28)/t15-,16-,17+/m1/s1. The SMILES string of the molecule is COc1ccccc1[C@H](C)N(C)C(=O)Nc1ccc(N2C[C@@H](C)O[C@H](C)C2)c(F)c1. The number of amides is 2. The summed E-state index contributed by atoms with van der Waals surface area (Å²) in [6.07, 6.45) is 0.0790. The lowest BCUT2D eigenvalue weighted by atomic mass is 10.1. The molecular formula is C23H30FN3O3. The second-order valence-corrected chi connectivity index (χ2v) is 7.79. The van der Waals surface area contributed by atoms with Gasteiger partial charge in [-0.25, -0.2) is 9.18 Å². The van der Waals surface area contributed by atoms with Crippen LogP contribution in [0.1, 0.15) is 32.4 Å². The van der Waals surface area contributed by atoms with Crippen LogP contribution in [0.5, 0.6) is 5.75 Å². The third kappa shape index (κ3) is 4.84. The van der Waals surface area contributed by atoms with E-state index in [1.165, 1.54) is 6.07 Å². The number of morpholine rings is 1. The molecule has 6 nitrogen and oxygen atoms in total. The first-order valence-corrected chi connectivity index (χ1v) is 10.2. The third-order valence-electron chi connectivity index (χ3n) is 5.45. The molecule has 0 bridgehead atoms. The zero-order valence-electron chi connectivity index (χ0n) is 18.2. The number of hydrogen-bond acceptors (Lipinski definition) is 4. The Balaban J connectivity index is 1.70. The van der Waals surface area contributed by atoms with E-state index in [0.29, 0.717) is 30.2 Å². The van der Waals surface area contributed by atoms with Gasteiger partial charge in [-0.1, -0.05) is 18.2 Å². The average Bonchev–Trinajstić information content (AvgIpc) is 2.72. The van der Waals surface area contributed by atoms with Crippen molar-refractivity contribution < 1.29 is 18.7 Å². The van der Waals surface area contributed by atoms with Crippen molar-refractivity contribution in [2.24, 2.45) is 0 Å². The van der Waals surface area contributed by atoms with Gasteiger partial charge >= 0.3 is 6.03 Å². The molecule has 1 aliphatic heterocycles. The van der Waals surface area contributed by atoms with Crippen LogP contribution in [0.4, 0.5) is 20.6 Å². The molecule has 3 atom stereocenters. The first kappa shape index (κ1) is 21.9. The second-order valence-electron chi connectivity index (χ2n) is 7.79. The van der Waals surface area contributed by atoms with E-state index in [4.69, 9.17) is 9.47 Å². The van der Waals surface area contributed by atoms with Crippen LogP contribution >= 0.6 is 0 Å². The Labute approximate surface area is 177 Å². The van der Waals surface area contributed by atoms with Gasteiger partial charge in [-0.2, -0.15) is 0 Å². The van der Waals surface area contributed by atoms with Crippen LogP contribution in [0.3, 0.4) is 0 Å². The number of carbonyl (C=O) groups excluding carboxylic acids is 1. The van der Waals surface area contributed by atoms with Crippen LogP contribution in [0.25, 0.3) is 0 Å². The fraction of sp³-hybridized carbons (Fsp3) is 0.435. The molecule has 162 valence electrons. The Kier molecular flexibility index (Phi) is 6.82. The number of benzene rings is 2. The van der Waals surface area contributed by atoms with Crippen molar-refractivity contribution in [2.45, 2.75) is 39.0 Å². The van der Waals surface area contributed by atoms with Crippen molar-refractivity contribution in [2.75, 3.05) is 37.5 Å². The van der Waals surface area contributed by atoms with Crippen LogP contribution in [-0.2, 0) is 4.74 Å². The molecule has 0 radical (unpaired) electrons. The number of nitrogens with zero attached hydrogens (tertiary/aromatic N) is 2. The summed E-state index contributed by atoms with van der Waals surface area (Å²) in [4.78, 5) is 16.3. The number of methoxy groups -OCH3 is 1. The molecule has 1 heterocycles. The van der Waals surface area contributed by atoms with Gasteiger partial charge < -0.3 is 24.6 Å². The minimum atomic E-state index is -0.366. The molecule has 0 unspecified atom stereocenters. The summed E-state index contributed by atoms with van der Waals surface area (Å²) < 4.78 is 25.9. The molecule has 2 aromatic carbocycles. The van der Waals surface area contributed by atoms with Crippen LogP contribution in [0.2, 0.25) is 0 Å². The Morgan fingerprint density at radius 3 is 2.53 bits per heavy atom. The lowest BCUT2D eigenvalue weighted by Gasteiger charge is -2.37. The molecule has 1 fully saturated rings. The lowest BCUT2D eigenvalue weighted by Crippen LogP contribution is -2.45. The maximum Gasteiger partial charge on any atom is 0.322 e. The first-order chi connectivity index (χ1) is 14.3. The number of rotatable bonds is 5. The number of halogens is 1. The van der Waals surface area contributed by atoms with Gasteiger partial charge in [0.1, 0.15) is 11.6 Å². The topological polar surface area (TPSA) is 54.0 Å². The number of urea groups is 1. The van der Waals surface area contributed by atoms with E-state index in [0.717, 1.165) is 5.56 Å². The molecule has 2 aromatic rings. The fourth-order valence-corrected chi connectivity index (χ4v) is 3.82. The molecule has 0 saturated carbocycles. The summed E-state index contributed by atoms with van der Waals surface area (Å²) in [6.45, 7) is 7.14. The maximum absolute atomic E-state index is 14.8. The van der Waals surface area contributed by atoms with Crippen molar-refractivity contribution in [3.63, 3.8) is 0 Å². The van der Waals surface area contributed by atoms with Gasteiger partial charge in [0.05, 0.1) is 31.0 Å². The molecule has 3 rings (SSSR count). The van der Waals surface area contributed by atoms with Gasteiger partial charge in [-0.05, 0) is 45.0 Å². The quantitative estimate of drug-likeness (QED) is 0.771. The van der Waals surface area contributed by atoms with E-state index in [-0.39, 0.29) is 30.1 Å². The third-order valence-corrected chi connectivity index (χ3v) is 5.45. The van der Waals surface area contributed by atoms with Crippen LogP contribution in [-0.4, -0.2) is 50.4 Å². The minimum absolute atomic E-state index is 0.0395. The van der Waals surface area contributed by atoms with Crippen molar-refractivity contribution in [3.8, 4) is 5.75 Å². The monoisotopic (exact) mass is 415 g/mol. The van der Waals surface area contributed by atoms with E-state index in [2.05, 4.69) is 5.32 Å². The largest absolute Gasteiger partial charge is 0.496 e. The molecule has 1 aliphatic rings. The molecule has 1 N–H and O–H groups in total. The molecule has 2 amide bonds. The fourth-order valence-electron chi connectivity index (χ4n) is 3.82. The smallest absolute Gasteiger partial charge is 0.322 e. The number of ether oxygens (including phenoxy) is 2. The van der Waals surface area contributed by atoms with Gasteiger partial charge in [-0.15, -0.1) is 0 Å². The van der Waals surface area contributed by atoms with Crippen molar-refractivity contribution in [1.82, 2.24) is 4.90 Å². The summed E-state index contributed by atoms with van der Waals surface area (Å²) in [5.41, 5.74) is 1.83. The lowest BCUT2D eigenvalue weighted by molar-refractivity contribution is -0.00539. The maximum atomic E-state index is 14.8. The van der Waals surface area contributed by atoms with E-state index in [1.54, 1.807) is 31.2 Å². The Bertz CT molecular complexity index is 882. The van der Waals surface area contributed by atoms with Crippen molar-refractivity contribution in [1.29, 1.82) is 0 Å². The zero-order chi connectivity index (χ0) is 21.8. The van der Waals surface area contributed by atoms with Crippen molar-refractivity contribution >= 4 is 17.4 Å². The highest BCUT2D eigenvalue weighted by atomic mass is 19.1. The number of nitrogens with one attached hydrogen (secondary N) is 1. The number of para-hydroxylation sites is 1. The summed E-state index contributed by atoms with van der Waals surface area (Å²) in [6, 6.07) is 11.8. The Morgan fingerprint density at radius 1 is 1.23 bits per heavy atom. The molecule has 30 heavy (non-hydrogen) atoms. The van der Waals surface area contributed by atoms with Crippen LogP contribution in [0, 0.1) is 5.82 Å². The van der Waals surface area contributed by atoms with E-state index >= 15 is 0 Å². The molecule has 1 saturated heterocycles. The second kappa shape index (κ2) is 9.34. The van der Waals surface area contributed by atoms with Gasteiger partial charge in [0.2, 0.25) is 0 Å². The molecule has 0 aromatic heterocycles. The normalized spacial score (nSPS) is 19.9. The van der Waals surface area contributed by atoms with Crippen molar-refractivity contribution in [3.05, 3.63) is 53.8 Å². The predicted octanol–water partition coefficient (Wildman–Crippen LogP) is 4.67. The predicted molar refractivity (Wildman–Crippen MR) is 117 cm³/mol. The summed E-state index contributed by atoms with van der Waals surface area (Å²) in [5, 5.41) is 2.78. The molecule has 0 aliphatic carbocycles. The Morgan fingerprint density at radius 2 is 1.90 bits per heavy atom. The number of carbonyl (C=O) groups is 1. The van der Waals surface area contributed by atoms with Crippen LogP contribution < -0.4 is 15.0 Å². The first-order valence-electron chi connectivity index (χ1n) is 10.2. The summed E-state index contributed by atoms with van der Waals surface area (Å²) in [7, 11) is 3.31. The highest BCUT2D eigenvalue weighted by Crippen LogP contribution is 2.29. The van der Waals surface area contributed by atoms with Gasteiger partial charge in [0.15, 0.2) is 0 Å². The van der Waals surface area contributed by atoms with E-state index in [1.807, 2.05) is 49.9 Å². The zero-order valence-corrected chi connectivity index (χ0v) is 18.2. The highest BCUT2D eigenvalue weighted by Gasteiger charge is 2.25. The number of hydrogen-bond donors (Lipinski definition) is 1. The molecular weight excluding hydrogens is 385 g/mol. The van der Waals surface area contributed by atoms with E-state index in [9.17, 15) is 9.18 Å². The summed E-state index contributed by atoms with van der Waals surface area (Å²) in [5.74, 6) is 0.351. The minimum Gasteiger partial charge on any atom is -0.496 e. The van der Waals surface area contributed by atoms with Gasteiger partial charge in [0, 0.05) is 31.4 Å². The highest BCUT2D eigenvalue weighted by molar-refractivity contribution is 5.89. The molecule has 0 spiro atoms. The Hall–Kier alpha value is -2.80. The number of anilines is 2. The molecule has 7 heteroatoms. The van der Waals surface area contributed by atoms with Crippen LogP contribution in [0.15, 0.2) is 42.5 Å². The van der Waals surface area contributed by atoms with E-state index < -0.39 is 0 Å². The van der Waals surface area contributed by atoms with Gasteiger partial charge in [0.25, 0.3) is 0 Å².